The van der Waals surface area contributed by atoms with Gasteiger partial charge < -0.3 is 10.2 Å². The summed E-state index contributed by atoms with van der Waals surface area (Å²) in [7, 11) is 2.11. The van der Waals surface area contributed by atoms with E-state index in [0.717, 1.165) is 41.9 Å². The maximum atomic E-state index is 12.0. The lowest BCUT2D eigenvalue weighted by Crippen LogP contribution is -2.47. The van der Waals surface area contributed by atoms with Crippen molar-refractivity contribution in [3.05, 3.63) is 28.2 Å². The summed E-state index contributed by atoms with van der Waals surface area (Å²) in [5.41, 5.74) is 1.96. The summed E-state index contributed by atoms with van der Waals surface area (Å²) in [6, 6.07) is 5.88. The molecule has 19 heavy (non-hydrogen) atoms. The number of hydrogen-bond donors (Lipinski definition) is 1. The maximum absolute atomic E-state index is 12.0. The second kappa shape index (κ2) is 6.50. The Labute approximate surface area is 122 Å². The maximum Gasteiger partial charge on any atom is 0.238 e. The van der Waals surface area contributed by atoms with Crippen LogP contribution in [0, 0.1) is 6.92 Å². The largest absolute Gasteiger partial charge is 0.325 e. The van der Waals surface area contributed by atoms with Gasteiger partial charge in [0.1, 0.15) is 0 Å². The van der Waals surface area contributed by atoms with E-state index in [9.17, 15) is 4.79 Å². The first-order valence-electron chi connectivity index (χ1n) is 6.51. The smallest absolute Gasteiger partial charge is 0.238 e. The quantitative estimate of drug-likeness (QED) is 0.922. The predicted octanol–water partition coefficient (Wildman–Crippen LogP) is 1.94. The molecular formula is C14H20BrN3O. The van der Waals surface area contributed by atoms with Gasteiger partial charge in [0.2, 0.25) is 5.91 Å². The minimum absolute atomic E-state index is 0.0648. The zero-order valence-electron chi connectivity index (χ0n) is 11.4. The molecule has 4 nitrogen and oxygen atoms in total. The van der Waals surface area contributed by atoms with Crippen molar-refractivity contribution in [3.8, 4) is 0 Å². The second-order valence-electron chi connectivity index (χ2n) is 5.09. The van der Waals surface area contributed by atoms with Gasteiger partial charge in [0.05, 0.1) is 6.54 Å². The molecule has 0 saturated carbocycles. The van der Waals surface area contributed by atoms with Gasteiger partial charge in [0, 0.05) is 36.3 Å². The number of rotatable bonds is 3. The number of amides is 1. The normalized spacial score (nSPS) is 17.4. The summed E-state index contributed by atoms with van der Waals surface area (Å²) in [4.78, 5) is 16.5. The molecule has 0 unspecified atom stereocenters. The zero-order valence-corrected chi connectivity index (χ0v) is 13.0. The Morgan fingerprint density at radius 2 is 2.00 bits per heavy atom. The fourth-order valence-corrected chi connectivity index (χ4v) is 2.64. The van der Waals surface area contributed by atoms with Crippen molar-refractivity contribution < 1.29 is 4.79 Å². The molecule has 1 aromatic rings. The first-order valence-corrected chi connectivity index (χ1v) is 7.31. The topological polar surface area (TPSA) is 35.6 Å². The van der Waals surface area contributed by atoms with Crippen molar-refractivity contribution in [2.75, 3.05) is 45.1 Å². The van der Waals surface area contributed by atoms with Crippen LogP contribution in [-0.2, 0) is 4.79 Å². The van der Waals surface area contributed by atoms with E-state index in [2.05, 4.69) is 38.1 Å². The van der Waals surface area contributed by atoms with Crippen molar-refractivity contribution in [3.63, 3.8) is 0 Å². The summed E-state index contributed by atoms with van der Waals surface area (Å²) in [6.45, 7) is 6.46. The van der Waals surface area contributed by atoms with E-state index in [1.807, 2.05) is 25.1 Å². The Balaban J connectivity index is 1.87. The van der Waals surface area contributed by atoms with Crippen LogP contribution in [0.25, 0.3) is 0 Å². The van der Waals surface area contributed by atoms with Crippen molar-refractivity contribution in [2.45, 2.75) is 6.92 Å². The molecule has 0 aliphatic carbocycles. The highest BCUT2D eigenvalue weighted by Crippen LogP contribution is 2.19. The van der Waals surface area contributed by atoms with Gasteiger partial charge in [-0.05, 0) is 37.7 Å². The monoisotopic (exact) mass is 325 g/mol. The lowest BCUT2D eigenvalue weighted by Gasteiger charge is -2.31. The minimum Gasteiger partial charge on any atom is -0.325 e. The summed E-state index contributed by atoms with van der Waals surface area (Å²) in [6.07, 6.45) is 0. The summed E-state index contributed by atoms with van der Waals surface area (Å²) >= 11 is 3.42. The molecule has 0 bridgehead atoms. The van der Waals surface area contributed by atoms with E-state index in [4.69, 9.17) is 0 Å². The first kappa shape index (κ1) is 14.5. The average molecular weight is 326 g/mol. The second-order valence-corrected chi connectivity index (χ2v) is 6.00. The molecule has 1 N–H and O–H groups in total. The SMILES string of the molecule is Cc1cc(Br)ccc1NC(=O)CN1CCN(C)CC1. The van der Waals surface area contributed by atoms with E-state index in [-0.39, 0.29) is 5.91 Å². The third kappa shape index (κ3) is 4.30. The standard InChI is InChI=1S/C14H20BrN3O/c1-11-9-12(15)3-4-13(11)16-14(19)10-18-7-5-17(2)6-8-18/h3-4,9H,5-8,10H2,1-2H3,(H,16,19). The average Bonchev–Trinajstić information content (AvgIpc) is 2.36. The van der Waals surface area contributed by atoms with Crippen molar-refractivity contribution in [1.29, 1.82) is 0 Å². The third-order valence-corrected chi connectivity index (χ3v) is 3.92. The summed E-state index contributed by atoms with van der Waals surface area (Å²) < 4.78 is 1.03. The fraction of sp³-hybridized carbons (Fsp3) is 0.500. The number of carbonyl (C=O) groups is 1. The number of nitrogens with one attached hydrogen (secondary N) is 1. The molecular weight excluding hydrogens is 306 g/mol. The number of halogens is 1. The number of piperazine rings is 1. The number of carbonyl (C=O) groups excluding carboxylic acids is 1. The van der Waals surface area contributed by atoms with Crippen LogP contribution in [-0.4, -0.2) is 55.5 Å². The van der Waals surface area contributed by atoms with E-state index in [1.165, 1.54) is 0 Å². The van der Waals surface area contributed by atoms with Gasteiger partial charge in [-0.15, -0.1) is 0 Å². The number of hydrogen-bond acceptors (Lipinski definition) is 3. The van der Waals surface area contributed by atoms with Crippen LogP contribution in [0.5, 0.6) is 0 Å². The fourth-order valence-electron chi connectivity index (χ4n) is 2.17. The van der Waals surface area contributed by atoms with Crippen molar-refractivity contribution >= 4 is 27.5 Å². The molecule has 5 heteroatoms. The van der Waals surface area contributed by atoms with E-state index >= 15 is 0 Å². The minimum atomic E-state index is 0.0648. The number of benzene rings is 1. The van der Waals surface area contributed by atoms with Gasteiger partial charge in [-0.25, -0.2) is 0 Å². The number of anilines is 1. The molecule has 1 aliphatic heterocycles. The van der Waals surface area contributed by atoms with E-state index in [0.29, 0.717) is 6.54 Å². The highest BCUT2D eigenvalue weighted by atomic mass is 79.9. The zero-order chi connectivity index (χ0) is 13.8. The molecule has 2 rings (SSSR count). The van der Waals surface area contributed by atoms with Gasteiger partial charge in [0.25, 0.3) is 0 Å². The Hall–Kier alpha value is -0.910. The van der Waals surface area contributed by atoms with Crippen LogP contribution < -0.4 is 5.32 Å². The van der Waals surface area contributed by atoms with E-state index in [1.54, 1.807) is 0 Å². The summed E-state index contributed by atoms with van der Waals surface area (Å²) in [5.74, 6) is 0.0648. The van der Waals surface area contributed by atoms with Gasteiger partial charge >= 0.3 is 0 Å². The Morgan fingerprint density at radius 3 is 2.63 bits per heavy atom. The molecule has 1 heterocycles. The van der Waals surface area contributed by atoms with Crippen molar-refractivity contribution in [2.24, 2.45) is 0 Å². The Morgan fingerprint density at radius 1 is 1.32 bits per heavy atom. The van der Waals surface area contributed by atoms with Crippen molar-refractivity contribution in [1.82, 2.24) is 9.80 Å². The molecule has 1 amide bonds. The number of likely N-dealkylation sites (N-methyl/N-ethyl adjacent to an activating group) is 1. The van der Waals surface area contributed by atoms with Crippen LogP contribution in [0.1, 0.15) is 5.56 Å². The molecule has 1 saturated heterocycles. The molecule has 1 aliphatic rings. The van der Waals surface area contributed by atoms with Crippen LogP contribution in [0.15, 0.2) is 22.7 Å². The molecule has 1 fully saturated rings. The summed E-state index contributed by atoms with van der Waals surface area (Å²) in [5, 5.41) is 2.98. The number of aryl methyl sites for hydroxylation is 1. The molecule has 1 aromatic carbocycles. The van der Waals surface area contributed by atoms with Crippen LogP contribution in [0.4, 0.5) is 5.69 Å². The lowest BCUT2D eigenvalue weighted by molar-refractivity contribution is -0.117. The highest BCUT2D eigenvalue weighted by Gasteiger charge is 2.16. The van der Waals surface area contributed by atoms with Gasteiger partial charge in [0.15, 0.2) is 0 Å². The lowest BCUT2D eigenvalue weighted by atomic mass is 10.2. The van der Waals surface area contributed by atoms with Crippen LogP contribution in [0.3, 0.4) is 0 Å². The van der Waals surface area contributed by atoms with E-state index < -0.39 is 0 Å². The Kier molecular flexibility index (Phi) is 4.96. The Bertz CT molecular complexity index is 456. The molecule has 104 valence electrons. The van der Waals surface area contributed by atoms with Crippen LogP contribution >= 0.6 is 15.9 Å². The highest BCUT2D eigenvalue weighted by molar-refractivity contribution is 9.10. The number of nitrogens with zero attached hydrogens (tertiary/aromatic N) is 2. The van der Waals surface area contributed by atoms with Gasteiger partial charge in [-0.1, -0.05) is 15.9 Å². The molecule has 0 spiro atoms. The van der Waals surface area contributed by atoms with Crippen LogP contribution in [0.2, 0.25) is 0 Å². The molecule has 0 atom stereocenters. The predicted molar refractivity (Wildman–Crippen MR) is 81.4 cm³/mol. The van der Waals surface area contributed by atoms with Gasteiger partial charge in [-0.2, -0.15) is 0 Å². The van der Waals surface area contributed by atoms with Gasteiger partial charge in [-0.3, -0.25) is 9.69 Å². The first-order chi connectivity index (χ1) is 9.04. The molecule has 0 aromatic heterocycles. The third-order valence-electron chi connectivity index (χ3n) is 3.43. The molecule has 0 radical (unpaired) electrons.